The van der Waals surface area contributed by atoms with Gasteiger partial charge in [0.15, 0.2) is 0 Å². The van der Waals surface area contributed by atoms with Gasteiger partial charge in [0.1, 0.15) is 5.75 Å². The lowest BCUT2D eigenvalue weighted by molar-refractivity contribution is 0.0696. The fraction of sp³-hybridized carbons (Fsp3) is 0.333. The van der Waals surface area contributed by atoms with Crippen LogP contribution >= 0.6 is 0 Å². The summed E-state index contributed by atoms with van der Waals surface area (Å²) in [6, 6.07) is 12.7. The summed E-state index contributed by atoms with van der Waals surface area (Å²) in [5.41, 5.74) is 2.44. The second-order valence-corrected chi connectivity index (χ2v) is 6.70. The molecule has 2 aromatic carbocycles. The van der Waals surface area contributed by atoms with E-state index >= 15 is 0 Å². The molecule has 0 aromatic heterocycles. The molecule has 0 bridgehead atoms. The smallest absolute Gasteiger partial charge is 0.335 e. The maximum atomic E-state index is 13.0. The summed E-state index contributed by atoms with van der Waals surface area (Å²) in [4.78, 5) is 26.2. The van der Waals surface area contributed by atoms with Gasteiger partial charge < -0.3 is 14.7 Å². The van der Waals surface area contributed by atoms with Crippen molar-refractivity contribution in [1.82, 2.24) is 4.90 Å². The van der Waals surface area contributed by atoms with Gasteiger partial charge in [0.25, 0.3) is 5.91 Å². The van der Waals surface area contributed by atoms with E-state index in [9.17, 15) is 14.7 Å². The van der Waals surface area contributed by atoms with Crippen molar-refractivity contribution in [3.63, 3.8) is 0 Å². The number of methoxy groups -OCH3 is 1. The SMILES string of the molecule is COc1ccccc1CC1CCCN1C(=O)c1cc(C)cc(C(=O)O)c1. The van der Waals surface area contributed by atoms with Crippen molar-refractivity contribution in [2.75, 3.05) is 13.7 Å². The quantitative estimate of drug-likeness (QED) is 0.893. The maximum Gasteiger partial charge on any atom is 0.335 e. The van der Waals surface area contributed by atoms with Gasteiger partial charge in [-0.3, -0.25) is 4.79 Å². The Bertz CT molecular complexity index is 831. The minimum atomic E-state index is -1.02. The predicted octanol–water partition coefficient (Wildman–Crippen LogP) is 3.55. The molecule has 0 aliphatic carbocycles. The lowest BCUT2D eigenvalue weighted by Gasteiger charge is -2.26. The molecular weight excluding hydrogens is 330 g/mol. The van der Waals surface area contributed by atoms with Crippen LogP contribution in [0.15, 0.2) is 42.5 Å². The van der Waals surface area contributed by atoms with E-state index in [1.54, 1.807) is 26.2 Å². The fourth-order valence-electron chi connectivity index (χ4n) is 3.64. The number of carboxylic acids is 1. The number of aryl methyl sites for hydroxylation is 1. The molecule has 136 valence electrons. The summed E-state index contributed by atoms with van der Waals surface area (Å²) < 4.78 is 5.43. The summed E-state index contributed by atoms with van der Waals surface area (Å²) >= 11 is 0. The number of benzene rings is 2. The first kappa shape index (κ1) is 18.0. The van der Waals surface area contributed by atoms with Crippen LogP contribution in [0.2, 0.25) is 0 Å². The standard InChI is InChI=1S/C21H23NO4/c1-14-10-16(12-17(11-14)21(24)25)20(23)22-9-5-7-18(22)13-15-6-3-4-8-19(15)26-2/h3-4,6,8,10-12,18H,5,7,9,13H2,1-2H3,(H,24,25). The number of hydrogen-bond acceptors (Lipinski definition) is 3. The Labute approximate surface area is 153 Å². The van der Waals surface area contributed by atoms with Crippen LogP contribution < -0.4 is 4.74 Å². The maximum absolute atomic E-state index is 13.0. The highest BCUT2D eigenvalue weighted by atomic mass is 16.5. The number of para-hydroxylation sites is 1. The second-order valence-electron chi connectivity index (χ2n) is 6.70. The summed E-state index contributed by atoms with van der Waals surface area (Å²) in [7, 11) is 1.65. The molecule has 26 heavy (non-hydrogen) atoms. The van der Waals surface area contributed by atoms with E-state index < -0.39 is 5.97 Å². The lowest BCUT2D eigenvalue weighted by atomic mass is 10.0. The Balaban J connectivity index is 1.84. The van der Waals surface area contributed by atoms with Gasteiger partial charge in [-0.25, -0.2) is 4.79 Å². The monoisotopic (exact) mass is 353 g/mol. The number of nitrogens with zero attached hydrogens (tertiary/aromatic N) is 1. The van der Waals surface area contributed by atoms with Crippen LogP contribution in [0.4, 0.5) is 0 Å². The summed E-state index contributed by atoms with van der Waals surface area (Å²) in [5.74, 6) is -0.293. The third-order valence-corrected chi connectivity index (χ3v) is 4.86. The van der Waals surface area contributed by atoms with Gasteiger partial charge in [-0.15, -0.1) is 0 Å². The van der Waals surface area contributed by atoms with Crippen molar-refractivity contribution in [2.24, 2.45) is 0 Å². The van der Waals surface area contributed by atoms with Gasteiger partial charge in [-0.05, 0) is 61.6 Å². The van der Waals surface area contributed by atoms with Crippen LogP contribution in [-0.4, -0.2) is 41.6 Å². The molecule has 1 heterocycles. The number of hydrogen-bond donors (Lipinski definition) is 1. The highest BCUT2D eigenvalue weighted by molar-refractivity contribution is 5.98. The third kappa shape index (κ3) is 3.72. The average Bonchev–Trinajstić information content (AvgIpc) is 3.09. The molecule has 1 atom stereocenters. The zero-order valence-electron chi connectivity index (χ0n) is 15.1. The number of carbonyl (C=O) groups is 2. The van der Waals surface area contributed by atoms with E-state index in [4.69, 9.17) is 4.74 Å². The molecule has 5 heteroatoms. The van der Waals surface area contributed by atoms with Crippen LogP contribution in [0.3, 0.4) is 0 Å². The highest BCUT2D eigenvalue weighted by Gasteiger charge is 2.30. The minimum Gasteiger partial charge on any atom is -0.496 e. The van der Waals surface area contributed by atoms with Crippen molar-refractivity contribution >= 4 is 11.9 Å². The average molecular weight is 353 g/mol. The normalized spacial score (nSPS) is 16.5. The Morgan fingerprint density at radius 1 is 1.19 bits per heavy atom. The van der Waals surface area contributed by atoms with Crippen LogP contribution in [0.1, 0.15) is 44.7 Å². The van der Waals surface area contributed by atoms with Gasteiger partial charge in [0, 0.05) is 18.2 Å². The number of aromatic carboxylic acids is 1. The minimum absolute atomic E-state index is 0.0904. The molecule has 1 unspecified atom stereocenters. The van der Waals surface area contributed by atoms with E-state index in [2.05, 4.69) is 0 Å². The molecule has 1 N–H and O–H groups in total. The largest absolute Gasteiger partial charge is 0.496 e. The Morgan fingerprint density at radius 2 is 1.92 bits per heavy atom. The van der Waals surface area contributed by atoms with Crippen molar-refractivity contribution in [3.05, 3.63) is 64.7 Å². The van der Waals surface area contributed by atoms with Crippen LogP contribution in [0.25, 0.3) is 0 Å². The van der Waals surface area contributed by atoms with E-state index in [-0.39, 0.29) is 17.5 Å². The molecular formula is C21H23NO4. The van der Waals surface area contributed by atoms with E-state index in [0.717, 1.165) is 36.1 Å². The summed E-state index contributed by atoms with van der Waals surface area (Å²) in [5, 5.41) is 9.25. The number of carboxylic acid groups (broad SMARTS) is 1. The molecule has 1 aliphatic rings. The van der Waals surface area contributed by atoms with Gasteiger partial charge in [0.05, 0.1) is 12.7 Å². The van der Waals surface area contributed by atoms with Gasteiger partial charge in [0.2, 0.25) is 0 Å². The number of carbonyl (C=O) groups excluding carboxylic acids is 1. The molecule has 2 aromatic rings. The zero-order chi connectivity index (χ0) is 18.7. The first-order chi connectivity index (χ1) is 12.5. The molecule has 1 fully saturated rings. The first-order valence-corrected chi connectivity index (χ1v) is 8.77. The topological polar surface area (TPSA) is 66.8 Å². The molecule has 1 saturated heterocycles. The Kier molecular flexibility index (Phi) is 5.26. The van der Waals surface area contributed by atoms with Crippen molar-refractivity contribution < 1.29 is 19.4 Å². The molecule has 0 spiro atoms. The number of rotatable bonds is 5. The molecule has 0 saturated carbocycles. The number of ether oxygens (including phenoxy) is 1. The van der Waals surface area contributed by atoms with Crippen LogP contribution in [0.5, 0.6) is 5.75 Å². The lowest BCUT2D eigenvalue weighted by Crippen LogP contribution is -2.37. The van der Waals surface area contributed by atoms with Crippen molar-refractivity contribution in [2.45, 2.75) is 32.2 Å². The molecule has 1 aliphatic heterocycles. The summed E-state index contributed by atoms with van der Waals surface area (Å²) in [6.45, 7) is 2.49. The van der Waals surface area contributed by atoms with Crippen molar-refractivity contribution in [1.29, 1.82) is 0 Å². The van der Waals surface area contributed by atoms with E-state index in [1.807, 2.05) is 29.2 Å². The molecule has 1 amide bonds. The fourth-order valence-corrected chi connectivity index (χ4v) is 3.64. The zero-order valence-corrected chi connectivity index (χ0v) is 15.1. The predicted molar refractivity (Wildman–Crippen MR) is 98.9 cm³/mol. The Morgan fingerprint density at radius 3 is 2.65 bits per heavy atom. The summed E-state index contributed by atoms with van der Waals surface area (Å²) in [6.07, 6.45) is 2.61. The van der Waals surface area contributed by atoms with Crippen LogP contribution in [-0.2, 0) is 6.42 Å². The first-order valence-electron chi connectivity index (χ1n) is 8.77. The van der Waals surface area contributed by atoms with Gasteiger partial charge >= 0.3 is 5.97 Å². The van der Waals surface area contributed by atoms with E-state index in [1.165, 1.54) is 6.07 Å². The third-order valence-electron chi connectivity index (χ3n) is 4.86. The highest BCUT2D eigenvalue weighted by Crippen LogP contribution is 2.27. The van der Waals surface area contributed by atoms with Crippen molar-refractivity contribution in [3.8, 4) is 5.75 Å². The number of amides is 1. The molecule has 0 radical (unpaired) electrons. The van der Waals surface area contributed by atoms with E-state index in [0.29, 0.717) is 12.1 Å². The molecule has 5 nitrogen and oxygen atoms in total. The number of likely N-dealkylation sites (tertiary alicyclic amines) is 1. The van der Waals surface area contributed by atoms with Gasteiger partial charge in [-0.1, -0.05) is 18.2 Å². The van der Waals surface area contributed by atoms with Gasteiger partial charge in [-0.2, -0.15) is 0 Å². The molecule has 3 rings (SSSR count). The van der Waals surface area contributed by atoms with Crippen LogP contribution in [0, 0.1) is 6.92 Å². The Hall–Kier alpha value is -2.82. The second kappa shape index (κ2) is 7.60.